The van der Waals surface area contributed by atoms with Gasteiger partial charge in [-0.25, -0.2) is 9.78 Å². The van der Waals surface area contributed by atoms with E-state index in [1.54, 1.807) is 0 Å². The minimum atomic E-state index is -0.470. The molecule has 8 nitrogen and oxygen atoms in total. The number of pyridine rings is 1. The highest BCUT2D eigenvalue weighted by atomic mass is 16.5. The van der Waals surface area contributed by atoms with Gasteiger partial charge in [0.2, 0.25) is 0 Å². The molecule has 0 aromatic carbocycles. The number of aromatic nitrogens is 3. The summed E-state index contributed by atoms with van der Waals surface area (Å²) in [6.07, 6.45) is 3.29. The highest BCUT2D eigenvalue weighted by molar-refractivity contribution is 5.96. The molecule has 0 saturated carbocycles. The minimum Gasteiger partial charge on any atom is -0.376 e. The number of nitrogens with zero attached hydrogens (tertiary/aromatic N) is 3. The Kier molecular flexibility index (Phi) is 4.23. The zero-order chi connectivity index (χ0) is 17.4. The molecule has 0 bridgehead atoms. The minimum absolute atomic E-state index is 0.0102. The Morgan fingerprint density at radius 2 is 2.12 bits per heavy atom. The van der Waals surface area contributed by atoms with Crippen molar-refractivity contribution in [2.24, 2.45) is 14.1 Å². The number of nitrogens with one attached hydrogen (secondary N) is 1. The molecule has 2 aromatic rings. The number of hydrogen-bond donors (Lipinski definition) is 1. The quantitative estimate of drug-likeness (QED) is 0.849. The fourth-order valence-electron chi connectivity index (χ4n) is 2.97. The summed E-state index contributed by atoms with van der Waals surface area (Å²) in [7, 11) is 2.94. The first kappa shape index (κ1) is 16.4. The number of rotatable bonds is 3. The van der Waals surface area contributed by atoms with Gasteiger partial charge in [-0.2, -0.15) is 0 Å². The third-order valence-corrected chi connectivity index (χ3v) is 4.44. The van der Waals surface area contributed by atoms with Crippen LogP contribution in [0.15, 0.2) is 21.9 Å². The Hall–Kier alpha value is -2.48. The average Bonchev–Trinajstić information content (AvgIpc) is 3.12. The molecule has 1 aliphatic rings. The van der Waals surface area contributed by atoms with E-state index in [0.717, 1.165) is 17.4 Å². The fraction of sp³-hybridized carbons (Fsp3) is 0.500. The average molecular weight is 332 g/mol. The molecule has 2 aromatic heterocycles. The van der Waals surface area contributed by atoms with E-state index in [1.165, 1.54) is 30.9 Å². The lowest BCUT2D eigenvalue weighted by Crippen LogP contribution is -2.41. The second-order valence-electron chi connectivity index (χ2n) is 6.11. The van der Waals surface area contributed by atoms with Crippen LogP contribution in [0.1, 0.15) is 30.1 Å². The Bertz CT molecular complexity index is 909. The predicted molar refractivity (Wildman–Crippen MR) is 88.1 cm³/mol. The van der Waals surface area contributed by atoms with Crippen molar-refractivity contribution in [2.75, 3.05) is 6.61 Å². The van der Waals surface area contributed by atoms with Crippen LogP contribution in [0, 0.1) is 0 Å². The van der Waals surface area contributed by atoms with Crippen molar-refractivity contribution in [1.29, 1.82) is 0 Å². The van der Waals surface area contributed by atoms with Gasteiger partial charge < -0.3 is 10.1 Å². The molecule has 0 aliphatic carbocycles. The van der Waals surface area contributed by atoms with Crippen LogP contribution in [0.25, 0.3) is 11.0 Å². The largest absolute Gasteiger partial charge is 0.376 e. The summed E-state index contributed by atoms with van der Waals surface area (Å²) >= 11 is 0. The van der Waals surface area contributed by atoms with Crippen molar-refractivity contribution in [3.63, 3.8) is 0 Å². The monoisotopic (exact) mass is 332 g/mol. The maximum Gasteiger partial charge on any atom is 0.332 e. The second kappa shape index (κ2) is 6.20. The highest BCUT2D eigenvalue weighted by Gasteiger charge is 2.24. The summed E-state index contributed by atoms with van der Waals surface area (Å²) < 4.78 is 7.85. The molecule has 0 unspecified atom stereocenters. The molecule has 1 amide bonds. The Balaban J connectivity index is 1.94. The van der Waals surface area contributed by atoms with Crippen LogP contribution in [0.2, 0.25) is 0 Å². The van der Waals surface area contributed by atoms with Gasteiger partial charge in [0.15, 0.2) is 0 Å². The lowest BCUT2D eigenvalue weighted by atomic mass is 10.1. The van der Waals surface area contributed by atoms with E-state index >= 15 is 0 Å². The van der Waals surface area contributed by atoms with Gasteiger partial charge in [-0.3, -0.25) is 18.7 Å². The van der Waals surface area contributed by atoms with Crippen LogP contribution < -0.4 is 16.6 Å². The first-order valence-electron chi connectivity index (χ1n) is 7.88. The molecule has 128 valence electrons. The van der Waals surface area contributed by atoms with E-state index in [9.17, 15) is 14.4 Å². The molecule has 24 heavy (non-hydrogen) atoms. The lowest BCUT2D eigenvalue weighted by molar-refractivity contribution is 0.0712. The van der Waals surface area contributed by atoms with Gasteiger partial charge in [0.1, 0.15) is 5.65 Å². The summed E-state index contributed by atoms with van der Waals surface area (Å²) in [4.78, 5) is 40.7. The smallest absolute Gasteiger partial charge is 0.332 e. The van der Waals surface area contributed by atoms with Gasteiger partial charge >= 0.3 is 5.69 Å². The van der Waals surface area contributed by atoms with Crippen LogP contribution >= 0.6 is 0 Å². The zero-order valence-corrected chi connectivity index (χ0v) is 13.9. The normalized spacial score (nSPS) is 18.7. The van der Waals surface area contributed by atoms with Crippen LogP contribution in [0.5, 0.6) is 0 Å². The van der Waals surface area contributed by atoms with Crippen molar-refractivity contribution in [3.8, 4) is 0 Å². The molecule has 3 rings (SSSR count). The van der Waals surface area contributed by atoms with Gasteiger partial charge in [-0.05, 0) is 25.8 Å². The molecular formula is C16H20N4O4. The van der Waals surface area contributed by atoms with E-state index in [4.69, 9.17) is 4.74 Å². The number of ether oxygens (including phenoxy) is 1. The van der Waals surface area contributed by atoms with E-state index in [1.807, 2.05) is 6.92 Å². The number of carbonyl (C=O) groups is 1. The Morgan fingerprint density at radius 1 is 1.38 bits per heavy atom. The van der Waals surface area contributed by atoms with Gasteiger partial charge in [0.25, 0.3) is 11.5 Å². The number of amides is 1. The molecule has 8 heteroatoms. The number of hydrogen-bond acceptors (Lipinski definition) is 5. The van der Waals surface area contributed by atoms with Gasteiger partial charge in [-0.1, -0.05) is 0 Å². The maximum atomic E-state index is 12.4. The molecule has 1 aliphatic heterocycles. The van der Waals surface area contributed by atoms with Gasteiger partial charge in [-0.15, -0.1) is 0 Å². The first-order chi connectivity index (χ1) is 11.4. The number of aryl methyl sites for hydroxylation is 1. The third kappa shape index (κ3) is 2.73. The molecule has 0 spiro atoms. The summed E-state index contributed by atoms with van der Waals surface area (Å²) in [6, 6.07) is 1.35. The van der Waals surface area contributed by atoms with Gasteiger partial charge in [0.05, 0.1) is 23.1 Å². The fourth-order valence-corrected chi connectivity index (χ4v) is 2.97. The Labute approximate surface area is 138 Å². The van der Waals surface area contributed by atoms with Crippen LogP contribution in [0.4, 0.5) is 0 Å². The zero-order valence-electron chi connectivity index (χ0n) is 13.9. The predicted octanol–water partition coefficient (Wildman–Crippen LogP) is -0.0705. The topological polar surface area (TPSA) is 95.2 Å². The molecule has 3 heterocycles. The molecular weight excluding hydrogens is 312 g/mol. The number of carbonyl (C=O) groups excluding carboxylic acids is 1. The van der Waals surface area contributed by atoms with E-state index in [-0.39, 0.29) is 34.6 Å². The standard InChI is InChI=1S/C16H20N4O4/c1-9(12-5-4-6-24-12)18-14(21)10-7-11-13(17-8-10)19(2)16(23)20(3)15(11)22/h7-9,12H,4-6H2,1-3H3,(H,18,21)/t9-,12-/m1/s1. The SMILES string of the molecule is C[C@@H](NC(=O)c1cnc2c(c1)c(=O)n(C)c(=O)n2C)[C@H]1CCCO1. The lowest BCUT2D eigenvalue weighted by Gasteiger charge is -2.20. The highest BCUT2D eigenvalue weighted by Crippen LogP contribution is 2.16. The summed E-state index contributed by atoms with van der Waals surface area (Å²) in [5.74, 6) is -0.316. The maximum absolute atomic E-state index is 12.4. The van der Waals surface area contributed by atoms with Gasteiger partial charge in [0, 0.05) is 26.9 Å². The summed E-state index contributed by atoms with van der Waals surface area (Å²) in [5.41, 5.74) is -0.387. The number of fused-ring (bicyclic) bond motifs is 1. The van der Waals surface area contributed by atoms with Crippen molar-refractivity contribution < 1.29 is 9.53 Å². The van der Waals surface area contributed by atoms with E-state index in [0.29, 0.717) is 6.61 Å². The molecule has 1 saturated heterocycles. The van der Waals surface area contributed by atoms with Crippen LogP contribution in [0.3, 0.4) is 0 Å². The van der Waals surface area contributed by atoms with Crippen molar-refractivity contribution in [3.05, 3.63) is 38.7 Å². The summed E-state index contributed by atoms with van der Waals surface area (Å²) in [5, 5.41) is 3.11. The molecule has 0 radical (unpaired) electrons. The first-order valence-corrected chi connectivity index (χ1v) is 7.88. The van der Waals surface area contributed by atoms with Crippen molar-refractivity contribution in [1.82, 2.24) is 19.4 Å². The Morgan fingerprint density at radius 3 is 2.79 bits per heavy atom. The molecule has 1 fully saturated rings. The van der Waals surface area contributed by atoms with E-state index in [2.05, 4.69) is 10.3 Å². The molecule has 1 N–H and O–H groups in total. The van der Waals surface area contributed by atoms with E-state index < -0.39 is 11.2 Å². The van der Waals surface area contributed by atoms with Crippen LogP contribution in [-0.2, 0) is 18.8 Å². The van der Waals surface area contributed by atoms with Crippen molar-refractivity contribution >= 4 is 16.9 Å². The molecule has 2 atom stereocenters. The van der Waals surface area contributed by atoms with Crippen molar-refractivity contribution in [2.45, 2.75) is 31.9 Å². The van der Waals surface area contributed by atoms with Crippen LogP contribution in [-0.4, -0.2) is 38.8 Å². The third-order valence-electron chi connectivity index (χ3n) is 4.44. The second-order valence-corrected chi connectivity index (χ2v) is 6.11. The summed E-state index contributed by atoms with van der Waals surface area (Å²) in [6.45, 7) is 2.61.